The van der Waals surface area contributed by atoms with Gasteiger partial charge in [0.2, 0.25) is 0 Å². The van der Waals surface area contributed by atoms with E-state index in [9.17, 15) is 4.79 Å². The zero-order valence-corrected chi connectivity index (χ0v) is 20.4. The number of nitrogens with one attached hydrogen (secondary N) is 1. The zero-order chi connectivity index (χ0) is 22.4. The number of hydrogen-bond acceptors (Lipinski definition) is 5. The lowest BCUT2D eigenvalue weighted by Crippen LogP contribution is -2.20. The van der Waals surface area contributed by atoms with Crippen LogP contribution in [-0.2, 0) is 11.3 Å². The molecule has 0 saturated carbocycles. The molecule has 0 atom stereocenters. The molecular weight excluding hydrogens is 521 g/mol. The van der Waals surface area contributed by atoms with Crippen LogP contribution in [0.1, 0.15) is 12.5 Å². The van der Waals surface area contributed by atoms with Crippen molar-refractivity contribution < 1.29 is 4.79 Å². The van der Waals surface area contributed by atoms with Gasteiger partial charge in [0.25, 0.3) is 5.91 Å². The Balaban J connectivity index is 1.68. The van der Waals surface area contributed by atoms with Gasteiger partial charge in [0.1, 0.15) is 0 Å². The van der Waals surface area contributed by atoms with Crippen molar-refractivity contribution in [2.24, 2.45) is 5.10 Å². The van der Waals surface area contributed by atoms with E-state index in [2.05, 4.69) is 43.2 Å². The Labute approximate surface area is 202 Å². The minimum Gasteiger partial charge on any atom is -0.298 e. The smallest absolute Gasteiger partial charge is 0.250 e. The van der Waals surface area contributed by atoms with Crippen molar-refractivity contribution >= 4 is 63.0 Å². The van der Waals surface area contributed by atoms with Crippen molar-refractivity contribution in [3.05, 3.63) is 74.7 Å². The summed E-state index contributed by atoms with van der Waals surface area (Å²) in [6.45, 7) is 6.46. The van der Waals surface area contributed by atoms with Crippen LogP contribution in [0, 0.1) is 0 Å². The fraction of sp³-hybridized carbons (Fsp3) is 0.143. The molecule has 1 amide bonds. The molecule has 3 aromatic rings. The standard InChI is InChI=1S/C21H18BrCl2N5OS/c1-13(2)11-29-20(14-6-8-15(22)9-7-14)27-28-21(29)31-12-19(30)26-25-10-16-17(23)4-3-5-18(16)24/h3-10H,1,11-12H2,2H3,(H,26,30). The Kier molecular flexibility index (Phi) is 8.31. The number of carbonyl (C=O) groups excluding carboxylic acids is 1. The lowest BCUT2D eigenvalue weighted by Gasteiger charge is -2.10. The van der Waals surface area contributed by atoms with Gasteiger partial charge in [0.05, 0.1) is 22.0 Å². The van der Waals surface area contributed by atoms with Gasteiger partial charge in [0, 0.05) is 22.1 Å². The Hall–Kier alpha value is -2.13. The number of halogens is 3. The molecule has 31 heavy (non-hydrogen) atoms. The van der Waals surface area contributed by atoms with E-state index in [0.29, 0.717) is 33.1 Å². The highest BCUT2D eigenvalue weighted by atomic mass is 79.9. The topological polar surface area (TPSA) is 72.2 Å². The maximum Gasteiger partial charge on any atom is 0.250 e. The number of nitrogens with zero attached hydrogens (tertiary/aromatic N) is 4. The van der Waals surface area contributed by atoms with Gasteiger partial charge in [-0.3, -0.25) is 9.36 Å². The number of carbonyl (C=O) groups is 1. The number of rotatable bonds is 8. The number of thioether (sulfide) groups is 1. The predicted molar refractivity (Wildman–Crippen MR) is 131 cm³/mol. The van der Waals surface area contributed by atoms with Crippen molar-refractivity contribution in [3.8, 4) is 11.4 Å². The zero-order valence-electron chi connectivity index (χ0n) is 16.5. The van der Waals surface area contributed by atoms with Crippen molar-refractivity contribution in [1.29, 1.82) is 0 Å². The number of benzene rings is 2. The Morgan fingerprint density at radius 2 is 1.90 bits per heavy atom. The minimum atomic E-state index is -0.292. The summed E-state index contributed by atoms with van der Waals surface area (Å²) in [6, 6.07) is 12.9. The number of hydrogen-bond donors (Lipinski definition) is 1. The average Bonchev–Trinajstić information content (AvgIpc) is 3.11. The third-order valence-corrected chi connectivity index (χ3v) is 6.12. The van der Waals surface area contributed by atoms with Gasteiger partial charge in [-0.25, -0.2) is 5.43 Å². The van der Waals surface area contributed by atoms with E-state index in [4.69, 9.17) is 23.2 Å². The van der Waals surface area contributed by atoms with Crippen molar-refractivity contribution in [1.82, 2.24) is 20.2 Å². The number of hydrazone groups is 1. The number of allylic oxidation sites excluding steroid dienone is 1. The van der Waals surface area contributed by atoms with Crippen LogP contribution in [0.15, 0.2) is 69.3 Å². The second-order valence-electron chi connectivity index (χ2n) is 6.57. The van der Waals surface area contributed by atoms with Gasteiger partial charge < -0.3 is 0 Å². The quantitative estimate of drug-likeness (QED) is 0.169. The van der Waals surface area contributed by atoms with Crippen LogP contribution in [0.3, 0.4) is 0 Å². The van der Waals surface area contributed by atoms with Gasteiger partial charge >= 0.3 is 0 Å². The normalized spacial score (nSPS) is 11.1. The lowest BCUT2D eigenvalue weighted by molar-refractivity contribution is -0.118. The maximum absolute atomic E-state index is 12.2. The SMILES string of the molecule is C=C(C)Cn1c(SCC(=O)NN=Cc2c(Cl)cccc2Cl)nnc1-c1ccc(Br)cc1. The van der Waals surface area contributed by atoms with Crippen LogP contribution < -0.4 is 5.43 Å². The summed E-state index contributed by atoms with van der Waals surface area (Å²) >= 11 is 16.9. The summed E-state index contributed by atoms with van der Waals surface area (Å²) in [6.07, 6.45) is 1.42. The van der Waals surface area contributed by atoms with Crippen molar-refractivity contribution in [3.63, 3.8) is 0 Å². The van der Waals surface area contributed by atoms with Gasteiger partial charge in [-0.1, -0.05) is 81.2 Å². The average molecular weight is 539 g/mol. The molecule has 160 valence electrons. The van der Waals surface area contributed by atoms with Crippen LogP contribution in [0.25, 0.3) is 11.4 Å². The molecule has 0 bridgehead atoms. The van der Waals surface area contributed by atoms with E-state index in [1.54, 1.807) is 18.2 Å². The first-order valence-electron chi connectivity index (χ1n) is 9.07. The molecule has 1 N–H and O–H groups in total. The summed E-state index contributed by atoms with van der Waals surface area (Å²) in [5.41, 5.74) is 4.89. The van der Waals surface area contributed by atoms with E-state index in [1.807, 2.05) is 35.8 Å². The van der Waals surface area contributed by atoms with Crippen molar-refractivity contribution in [2.75, 3.05) is 5.75 Å². The molecule has 0 aliphatic heterocycles. The molecule has 0 radical (unpaired) electrons. The van der Waals surface area contributed by atoms with Gasteiger partial charge in [-0.15, -0.1) is 10.2 Å². The van der Waals surface area contributed by atoms with Gasteiger partial charge in [0.15, 0.2) is 11.0 Å². The van der Waals surface area contributed by atoms with E-state index in [1.165, 1.54) is 18.0 Å². The van der Waals surface area contributed by atoms with E-state index < -0.39 is 0 Å². The van der Waals surface area contributed by atoms with Crippen LogP contribution in [0.5, 0.6) is 0 Å². The number of amides is 1. The maximum atomic E-state index is 12.2. The van der Waals surface area contributed by atoms with E-state index >= 15 is 0 Å². The molecule has 6 nitrogen and oxygen atoms in total. The van der Waals surface area contributed by atoms with Crippen molar-refractivity contribution in [2.45, 2.75) is 18.6 Å². The molecule has 0 unspecified atom stereocenters. The molecule has 3 rings (SSSR count). The largest absolute Gasteiger partial charge is 0.298 e. The Morgan fingerprint density at radius 3 is 2.55 bits per heavy atom. The molecule has 0 fully saturated rings. The van der Waals surface area contributed by atoms with Crippen LogP contribution in [0.2, 0.25) is 10.0 Å². The minimum absolute atomic E-state index is 0.113. The summed E-state index contributed by atoms with van der Waals surface area (Å²) < 4.78 is 2.92. The van der Waals surface area contributed by atoms with Crippen LogP contribution >= 0.6 is 50.9 Å². The van der Waals surface area contributed by atoms with Gasteiger partial charge in [-0.2, -0.15) is 5.10 Å². The highest BCUT2D eigenvalue weighted by molar-refractivity contribution is 9.10. The van der Waals surface area contributed by atoms with E-state index in [0.717, 1.165) is 15.6 Å². The highest BCUT2D eigenvalue weighted by Gasteiger charge is 2.16. The van der Waals surface area contributed by atoms with Gasteiger partial charge in [-0.05, 0) is 31.2 Å². The molecule has 0 spiro atoms. The fourth-order valence-corrected chi connectivity index (χ4v) is 4.08. The summed E-state index contributed by atoms with van der Waals surface area (Å²) in [5.74, 6) is 0.534. The monoisotopic (exact) mass is 537 g/mol. The molecule has 0 aliphatic carbocycles. The first-order valence-corrected chi connectivity index (χ1v) is 11.6. The first kappa shape index (κ1) is 23.5. The van der Waals surface area contributed by atoms with E-state index in [-0.39, 0.29) is 11.7 Å². The first-order chi connectivity index (χ1) is 14.8. The second-order valence-corrected chi connectivity index (χ2v) is 9.25. The number of aromatic nitrogens is 3. The predicted octanol–water partition coefficient (Wildman–Crippen LogP) is 5.83. The molecule has 0 aliphatic rings. The summed E-state index contributed by atoms with van der Waals surface area (Å²) in [7, 11) is 0. The molecule has 10 heteroatoms. The fourth-order valence-electron chi connectivity index (χ4n) is 2.59. The summed E-state index contributed by atoms with van der Waals surface area (Å²) in [5, 5.41) is 14.0. The highest BCUT2D eigenvalue weighted by Crippen LogP contribution is 2.26. The Bertz CT molecular complexity index is 1110. The molecule has 1 aromatic heterocycles. The second kappa shape index (κ2) is 10.9. The Morgan fingerprint density at radius 1 is 1.23 bits per heavy atom. The molecule has 0 saturated heterocycles. The summed E-state index contributed by atoms with van der Waals surface area (Å²) in [4.78, 5) is 12.2. The third kappa shape index (κ3) is 6.43. The molecule has 1 heterocycles. The van der Waals surface area contributed by atoms with Crippen LogP contribution in [0.4, 0.5) is 0 Å². The lowest BCUT2D eigenvalue weighted by atomic mass is 10.2. The molecule has 2 aromatic carbocycles. The third-order valence-electron chi connectivity index (χ3n) is 3.96. The van der Waals surface area contributed by atoms with Crippen LogP contribution in [-0.4, -0.2) is 32.6 Å². The molecular formula is C21H18BrCl2N5OS.